The highest BCUT2D eigenvalue weighted by Gasteiger charge is 2.23. The predicted molar refractivity (Wildman–Crippen MR) is 92.5 cm³/mol. The smallest absolute Gasteiger partial charge is 0.339 e. The van der Waals surface area contributed by atoms with Gasteiger partial charge >= 0.3 is 12.0 Å². The van der Waals surface area contributed by atoms with Gasteiger partial charge in [-0.25, -0.2) is 9.59 Å². The van der Waals surface area contributed by atoms with Gasteiger partial charge in [0.25, 0.3) is 5.91 Å². The van der Waals surface area contributed by atoms with Gasteiger partial charge in [-0.15, -0.1) is 0 Å². The van der Waals surface area contributed by atoms with E-state index in [0.29, 0.717) is 16.0 Å². The Hall–Kier alpha value is -1.89. The number of imide groups is 1. The largest absolute Gasteiger partial charge is 0.452 e. The summed E-state index contributed by atoms with van der Waals surface area (Å²) in [6.07, 6.45) is 4.24. The van der Waals surface area contributed by atoms with Gasteiger partial charge in [0.1, 0.15) is 0 Å². The van der Waals surface area contributed by atoms with Gasteiger partial charge in [-0.3, -0.25) is 10.1 Å². The molecule has 1 saturated carbocycles. The van der Waals surface area contributed by atoms with Crippen LogP contribution in [0.15, 0.2) is 28.7 Å². The van der Waals surface area contributed by atoms with Crippen LogP contribution in [0.3, 0.4) is 0 Å². The fraction of sp³-hybridized carbons (Fsp3) is 0.471. The number of halogens is 1. The molecule has 3 amide bonds. The van der Waals surface area contributed by atoms with Gasteiger partial charge in [0.05, 0.1) is 5.56 Å². The van der Waals surface area contributed by atoms with E-state index >= 15 is 0 Å². The Bertz CT molecular complexity index is 620. The highest BCUT2D eigenvalue weighted by atomic mass is 79.9. The Kier molecular flexibility index (Phi) is 6.78. The Labute approximate surface area is 149 Å². The summed E-state index contributed by atoms with van der Waals surface area (Å²) < 4.78 is 5.50. The molecule has 1 aliphatic carbocycles. The molecule has 6 nitrogen and oxygen atoms in total. The summed E-state index contributed by atoms with van der Waals surface area (Å²) in [6.45, 7) is 1.58. The average molecular weight is 397 g/mol. The van der Waals surface area contributed by atoms with Crippen molar-refractivity contribution < 1.29 is 19.1 Å². The second-order valence-corrected chi connectivity index (χ2v) is 6.80. The molecule has 0 spiro atoms. The topological polar surface area (TPSA) is 84.5 Å². The summed E-state index contributed by atoms with van der Waals surface area (Å²) in [7, 11) is 0. The lowest BCUT2D eigenvalue weighted by atomic mass is 9.86. The maximum atomic E-state index is 11.9. The third kappa shape index (κ3) is 5.33. The van der Waals surface area contributed by atoms with Crippen LogP contribution in [-0.4, -0.2) is 30.6 Å². The number of esters is 1. The summed E-state index contributed by atoms with van der Waals surface area (Å²) in [4.78, 5) is 35.5. The van der Waals surface area contributed by atoms with Crippen molar-refractivity contribution in [2.24, 2.45) is 5.92 Å². The fourth-order valence-electron chi connectivity index (χ4n) is 2.73. The minimum Gasteiger partial charge on any atom is -0.452 e. The first-order valence-electron chi connectivity index (χ1n) is 7.99. The molecule has 0 unspecified atom stereocenters. The van der Waals surface area contributed by atoms with Crippen LogP contribution >= 0.6 is 15.9 Å². The van der Waals surface area contributed by atoms with Crippen LogP contribution in [0.1, 0.15) is 43.0 Å². The van der Waals surface area contributed by atoms with Gasteiger partial charge in [-0.1, -0.05) is 31.9 Å². The number of benzene rings is 1. The molecule has 24 heavy (non-hydrogen) atoms. The van der Waals surface area contributed by atoms with Crippen molar-refractivity contribution in [2.75, 3.05) is 6.61 Å². The number of nitrogens with one attached hydrogen (secondary N) is 2. The maximum absolute atomic E-state index is 11.9. The Morgan fingerprint density at radius 2 is 1.92 bits per heavy atom. The quantitative estimate of drug-likeness (QED) is 0.765. The molecule has 1 aromatic carbocycles. The minimum absolute atomic E-state index is 0.0781. The first kappa shape index (κ1) is 18.4. The van der Waals surface area contributed by atoms with E-state index in [1.165, 1.54) is 6.42 Å². The van der Waals surface area contributed by atoms with Crippen molar-refractivity contribution in [3.63, 3.8) is 0 Å². The molecule has 1 fully saturated rings. The van der Waals surface area contributed by atoms with Crippen LogP contribution in [0.25, 0.3) is 0 Å². The molecule has 130 valence electrons. The average Bonchev–Trinajstić information content (AvgIpc) is 2.55. The number of amides is 3. The van der Waals surface area contributed by atoms with Gasteiger partial charge in [0.2, 0.25) is 0 Å². The first-order chi connectivity index (χ1) is 11.5. The maximum Gasteiger partial charge on any atom is 0.339 e. The number of hydrogen-bond donors (Lipinski definition) is 2. The van der Waals surface area contributed by atoms with Crippen molar-refractivity contribution in [3.05, 3.63) is 34.3 Å². The molecular formula is C17H21BrN2O4. The van der Waals surface area contributed by atoms with Crippen molar-refractivity contribution in [3.8, 4) is 0 Å². The van der Waals surface area contributed by atoms with Crippen molar-refractivity contribution in [1.29, 1.82) is 0 Å². The van der Waals surface area contributed by atoms with Crippen LogP contribution in [-0.2, 0) is 9.53 Å². The SMILES string of the molecule is C[C@H]1CCCC[C@H]1NC(=O)NC(=O)COC(=O)c1ccccc1Br. The van der Waals surface area contributed by atoms with E-state index in [1.54, 1.807) is 24.3 Å². The van der Waals surface area contributed by atoms with Gasteiger partial charge in [0, 0.05) is 10.5 Å². The first-order valence-corrected chi connectivity index (χ1v) is 8.78. The lowest BCUT2D eigenvalue weighted by molar-refractivity contribution is -0.123. The lowest BCUT2D eigenvalue weighted by Crippen LogP contribution is -2.48. The third-order valence-corrected chi connectivity index (χ3v) is 4.80. The summed E-state index contributed by atoms with van der Waals surface area (Å²) in [6, 6.07) is 6.28. The van der Waals surface area contributed by atoms with E-state index in [2.05, 4.69) is 33.5 Å². The van der Waals surface area contributed by atoms with Crippen LogP contribution < -0.4 is 10.6 Å². The van der Waals surface area contributed by atoms with E-state index in [-0.39, 0.29) is 6.04 Å². The second-order valence-electron chi connectivity index (χ2n) is 5.95. The molecule has 2 rings (SSSR count). The van der Waals surface area contributed by atoms with Gasteiger partial charge in [0.15, 0.2) is 6.61 Å². The minimum atomic E-state index is -0.656. The molecule has 0 saturated heterocycles. The molecular weight excluding hydrogens is 376 g/mol. The molecule has 2 atom stereocenters. The number of hydrogen-bond acceptors (Lipinski definition) is 4. The number of ether oxygens (including phenoxy) is 1. The highest BCUT2D eigenvalue weighted by Crippen LogP contribution is 2.23. The number of carbonyl (C=O) groups excluding carboxylic acids is 3. The Balaban J connectivity index is 1.75. The van der Waals surface area contributed by atoms with Crippen molar-refractivity contribution in [1.82, 2.24) is 10.6 Å². The molecule has 0 aliphatic heterocycles. The number of rotatable bonds is 4. The van der Waals surface area contributed by atoms with E-state index in [4.69, 9.17) is 4.74 Å². The van der Waals surface area contributed by atoms with Gasteiger partial charge < -0.3 is 10.1 Å². The zero-order valence-electron chi connectivity index (χ0n) is 13.5. The molecule has 0 radical (unpaired) electrons. The van der Waals surface area contributed by atoms with E-state index in [1.807, 2.05) is 0 Å². The molecule has 0 bridgehead atoms. The second kappa shape index (κ2) is 8.82. The summed E-state index contributed by atoms with van der Waals surface area (Å²) in [5.74, 6) is -0.886. The van der Waals surface area contributed by atoms with Crippen LogP contribution in [0, 0.1) is 5.92 Å². The molecule has 1 aromatic rings. The normalized spacial score (nSPS) is 20.1. The molecule has 7 heteroatoms. The molecule has 0 aromatic heterocycles. The van der Waals surface area contributed by atoms with Crippen LogP contribution in [0.2, 0.25) is 0 Å². The monoisotopic (exact) mass is 396 g/mol. The van der Waals surface area contributed by atoms with E-state index in [9.17, 15) is 14.4 Å². The Morgan fingerprint density at radius 3 is 2.62 bits per heavy atom. The lowest BCUT2D eigenvalue weighted by Gasteiger charge is -2.29. The Morgan fingerprint density at radius 1 is 1.21 bits per heavy atom. The zero-order valence-corrected chi connectivity index (χ0v) is 15.1. The van der Waals surface area contributed by atoms with E-state index < -0.39 is 24.5 Å². The van der Waals surface area contributed by atoms with Gasteiger partial charge in [-0.2, -0.15) is 0 Å². The zero-order chi connectivity index (χ0) is 17.5. The molecule has 1 aliphatic rings. The van der Waals surface area contributed by atoms with Gasteiger partial charge in [-0.05, 0) is 46.8 Å². The molecule has 0 heterocycles. The summed E-state index contributed by atoms with van der Waals surface area (Å²) in [5, 5.41) is 5.00. The summed E-state index contributed by atoms with van der Waals surface area (Å²) in [5.41, 5.74) is 0.325. The predicted octanol–water partition coefficient (Wildman–Crippen LogP) is 3.01. The highest BCUT2D eigenvalue weighted by molar-refractivity contribution is 9.10. The number of carbonyl (C=O) groups is 3. The van der Waals surface area contributed by atoms with Crippen molar-refractivity contribution in [2.45, 2.75) is 38.6 Å². The standard InChI is InChI=1S/C17H21BrN2O4/c1-11-6-2-5-9-14(11)19-17(23)20-15(21)10-24-16(22)12-7-3-4-8-13(12)18/h3-4,7-8,11,14H,2,5-6,9-10H2,1H3,(H2,19,20,21,23)/t11-,14+/m0/s1. The molecule has 2 N–H and O–H groups in total. The van der Waals surface area contributed by atoms with Crippen LogP contribution in [0.5, 0.6) is 0 Å². The summed E-state index contributed by atoms with van der Waals surface area (Å²) >= 11 is 3.24. The fourth-order valence-corrected chi connectivity index (χ4v) is 3.18. The van der Waals surface area contributed by atoms with E-state index in [0.717, 1.165) is 19.3 Å². The third-order valence-electron chi connectivity index (χ3n) is 4.11. The van der Waals surface area contributed by atoms with Crippen LogP contribution in [0.4, 0.5) is 4.79 Å². The van der Waals surface area contributed by atoms with Crippen molar-refractivity contribution >= 4 is 33.8 Å². The number of urea groups is 1.